The molecule has 3 heterocycles. The van der Waals surface area contributed by atoms with E-state index < -0.39 is 42.0 Å². The normalized spacial score (nSPS) is 23.0. The molecule has 7 rings (SSSR count). The Morgan fingerprint density at radius 1 is 1.06 bits per heavy atom. The second kappa shape index (κ2) is 18.5. The Hall–Kier alpha value is -4.84. The summed E-state index contributed by atoms with van der Waals surface area (Å²) in [7, 11) is -2.49. The van der Waals surface area contributed by atoms with Gasteiger partial charge in [-0.15, -0.1) is 17.9 Å². The third-order valence-electron chi connectivity index (χ3n) is 12.5. The number of amides is 1. The predicted molar refractivity (Wildman–Crippen MR) is 245 cm³/mol. The fourth-order valence-corrected chi connectivity index (χ4v) is 11.8. The maximum atomic E-state index is 15.0. The van der Waals surface area contributed by atoms with Gasteiger partial charge in [0.05, 0.1) is 48.4 Å². The summed E-state index contributed by atoms with van der Waals surface area (Å²) in [5.74, 6) is 0.138. The van der Waals surface area contributed by atoms with Gasteiger partial charge in [-0.3, -0.25) is 18.9 Å². The van der Waals surface area contributed by atoms with Crippen LogP contribution in [-0.4, -0.2) is 80.5 Å². The Bertz CT molecular complexity index is 2370. The highest BCUT2D eigenvalue weighted by molar-refractivity contribution is 7.63. The number of aromatic nitrogens is 2. The van der Waals surface area contributed by atoms with Gasteiger partial charge < -0.3 is 29.3 Å². The topological polar surface area (TPSA) is 157 Å². The quantitative estimate of drug-likeness (QED) is 0.0591. The van der Waals surface area contributed by atoms with E-state index in [4.69, 9.17) is 24.2 Å². The first-order chi connectivity index (χ1) is 29.5. The van der Waals surface area contributed by atoms with E-state index in [1.165, 1.54) is 17.2 Å². The fraction of sp³-hybridized carbons (Fsp3) is 0.479. The van der Waals surface area contributed by atoms with E-state index in [9.17, 15) is 23.8 Å². The number of thiazole rings is 1. The molecular weight excluding hydrogens is 824 g/mol. The van der Waals surface area contributed by atoms with Crippen molar-refractivity contribution in [2.24, 2.45) is 17.3 Å². The number of benzene rings is 2. The monoisotopic (exact) mass is 882 g/mol. The molecule has 2 saturated carbocycles. The molecule has 6 atom stereocenters. The average Bonchev–Trinajstić information content (AvgIpc) is 3.63. The molecular formula is C48H59N4O8PS. The van der Waals surface area contributed by atoms with Crippen LogP contribution < -0.4 is 14.8 Å². The number of Topliss-reactive ketones (excluding diaryl/α,β-unsaturated/α-hetero) is 1. The van der Waals surface area contributed by atoms with Crippen molar-refractivity contribution >= 4 is 58.5 Å². The Balaban J connectivity index is 1.22. The Kier molecular flexibility index (Phi) is 13.5. The highest BCUT2D eigenvalue weighted by atomic mass is 32.1. The largest absolute Gasteiger partial charge is 0.497 e. The molecule has 62 heavy (non-hydrogen) atoms. The number of ketones is 1. The number of allylic oxidation sites excluding steroid dienone is 1. The van der Waals surface area contributed by atoms with Gasteiger partial charge in [-0.05, 0) is 81.1 Å². The lowest BCUT2D eigenvalue weighted by Gasteiger charge is -2.35. The molecule has 330 valence electrons. The highest BCUT2D eigenvalue weighted by Crippen LogP contribution is 2.74. The van der Waals surface area contributed by atoms with Crippen LogP contribution in [0.25, 0.3) is 28.4 Å². The lowest BCUT2D eigenvalue weighted by atomic mass is 9.77. The van der Waals surface area contributed by atoms with Crippen LogP contribution in [0.15, 0.2) is 78.4 Å². The standard InChI is InChI=1S/C48H59N4O8PS/c1-8-32-26-48(32,61(56,57)21-20-31-14-10-9-11-15-31)27-42(53)41-23-35(28-52(41)45(55)37(47(4,5)6)24-44(54)60-33-16-12-13-17-33)59-43-25-39(40-29-62-46(51-40)49-30(2)3)50-38-22-34(58-7)18-19-36(38)43/h8-11,14-15,18-22,25,29-30,32-33,35,37,41H,1,12-13,16-17,23-24,26-28H2,2-7H3,(H,49,51)(H,56,57)/b21-20+/t32-,35-,37-,41+,48-/m1/s1. The number of nitrogens with zero attached hydrogens (tertiary/aromatic N) is 3. The lowest BCUT2D eigenvalue weighted by molar-refractivity contribution is -0.156. The summed E-state index contributed by atoms with van der Waals surface area (Å²) in [6.45, 7) is 13.8. The Morgan fingerprint density at radius 3 is 2.47 bits per heavy atom. The van der Waals surface area contributed by atoms with Gasteiger partial charge in [0.25, 0.3) is 0 Å². The van der Waals surface area contributed by atoms with E-state index in [1.54, 1.807) is 24.2 Å². The molecule has 12 nitrogen and oxygen atoms in total. The summed E-state index contributed by atoms with van der Waals surface area (Å²) in [6.07, 6.45) is 6.14. The van der Waals surface area contributed by atoms with E-state index in [1.807, 2.05) is 94.6 Å². The Labute approximate surface area is 368 Å². The number of methoxy groups -OCH3 is 1. The first-order valence-electron chi connectivity index (χ1n) is 21.6. The lowest BCUT2D eigenvalue weighted by Crippen LogP contribution is -2.48. The van der Waals surface area contributed by atoms with E-state index in [-0.39, 0.29) is 55.6 Å². The summed E-state index contributed by atoms with van der Waals surface area (Å²) >= 11 is 1.47. The van der Waals surface area contributed by atoms with Crippen molar-refractivity contribution in [1.29, 1.82) is 0 Å². The van der Waals surface area contributed by atoms with Crippen molar-refractivity contribution in [3.8, 4) is 22.9 Å². The molecule has 1 saturated heterocycles. The number of anilines is 1. The van der Waals surface area contributed by atoms with Crippen LogP contribution in [0.2, 0.25) is 0 Å². The smallest absolute Gasteiger partial charge is 0.306 e. The molecule has 4 aromatic rings. The van der Waals surface area contributed by atoms with Crippen LogP contribution in [0.4, 0.5) is 5.13 Å². The Morgan fingerprint density at radius 2 is 1.81 bits per heavy atom. The number of hydrogen-bond donors (Lipinski definition) is 2. The molecule has 1 aliphatic heterocycles. The van der Waals surface area contributed by atoms with Gasteiger partial charge in [-0.1, -0.05) is 57.2 Å². The van der Waals surface area contributed by atoms with Crippen LogP contribution in [0, 0.1) is 17.3 Å². The molecule has 3 aliphatic rings. The number of carbonyl (C=O) groups excluding carboxylic acids is 3. The summed E-state index contributed by atoms with van der Waals surface area (Å²) < 4.78 is 32.5. The van der Waals surface area contributed by atoms with Crippen molar-refractivity contribution in [2.75, 3.05) is 19.0 Å². The number of rotatable bonds is 17. The van der Waals surface area contributed by atoms with Crippen LogP contribution in [0.1, 0.15) is 91.5 Å². The molecule has 2 aromatic heterocycles. The molecule has 0 radical (unpaired) electrons. The maximum Gasteiger partial charge on any atom is 0.306 e. The molecule has 14 heteroatoms. The minimum absolute atomic E-state index is 0.0521. The number of esters is 1. The van der Waals surface area contributed by atoms with Crippen LogP contribution in [0.3, 0.4) is 0 Å². The molecule has 1 unspecified atom stereocenters. The zero-order valence-corrected chi connectivity index (χ0v) is 38.3. The molecule has 2 aromatic carbocycles. The number of hydrogen-bond acceptors (Lipinski definition) is 11. The average molecular weight is 883 g/mol. The molecule has 2 aliphatic carbocycles. The first kappa shape index (κ1) is 45.2. The number of nitrogens with one attached hydrogen (secondary N) is 1. The zero-order valence-electron chi connectivity index (χ0n) is 36.5. The minimum Gasteiger partial charge on any atom is -0.497 e. The molecule has 3 fully saturated rings. The van der Waals surface area contributed by atoms with Gasteiger partial charge in [0.15, 0.2) is 10.9 Å². The summed E-state index contributed by atoms with van der Waals surface area (Å²) in [5.41, 5.74) is 1.94. The fourth-order valence-electron chi connectivity index (χ4n) is 8.85. The summed E-state index contributed by atoms with van der Waals surface area (Å²) in [5, 5.41) is 5.47. The molecule has 2 N–H and O–H groups in total. The molecule has 1 amide bonds. The van der Waals surface area contributed by atoms with E-state index in [0.29, 0.717) is 40.2 Å². The minimum atomic E-state index is -4.08. The van der Waals surface area contributed by atoms with E-state index >= 15 is 0 Å². The third kappa shape index (κ3) is 10.0. The van der Waals surface area contributed by atoms with Crippen LogP contribution >= 0.6 is 18.7 Å². The maximum absolute atomic E-state index is 15.0. The van der Waals surface area contributed by atoms with Crippen molar-refractivity contribution in [1.82, 2.24) is 14.9 Å². The van der Waals surface area contributed by atoms with Gasteiger partial charge in [0, 0.05) is 47.6 Å². The number of ether oxygens (including phenoxy) is 3. The molecule has 0 spiro atoms. The van der Waals surface area contributed by atoms with Crippen molar-refractivity contribution in [3.05, 3.63) is 84.0 Å². The van der Waals surface area contributed by atoms with Crippen molar-refractivity contribution in [3.63, 3.8) is 0 Å². The number of carbonyl (C=O) groups is 3. The first-order valence-corrected chi connectivity index (χ1v) is 24.2. The van der Waals surface area contributed by atoms with Gasteiger partial charge in [0.1, 0.15) is 29.4 Å². The van der Waals surface area contributed by atoms with E-state index in [0.717, 1.165) is 36.4 Å². The van der Waals surface area contributed by atoms with Gasteiger partial charge >= 0.3 is 5.97 Å². The third-order valence-corrected chi connectivity index (χ3v) is 15.7. The number of fused-ring (bicyclic) bond motifs is 1. The highest BCUT2D eigenvalue weighted by Gasteiger charge is 2.64. The van der Waals surface area contributed by atoms with Gasteiger partial charge in [-0.2, -0.15) is 0 Å². The predicted octanol–water partition coefficient (Wildman–Crippen LogP) is 9.92. The van der Waals surface area contributed by atoms with E-state index in [2.05, 4.69) is 11.9 Å². The van der Waals surface area contributed by atoms with Gasteiger partial charge in [-0.25, -0.2) is 9.97 Å². The summed E-state index contributed by atoms with van der Waals surface area (Å²) in [4.78, 5) is 66.2. The number of pyridine rings is 1. The van der Waals surface area contributed by atoms with Crippen LogP contribution in [0.5, 0.6) is 11.5 Å². The van der Waals surface area contributed by atoms with Gasteiger partial charge in [0.2, 0.25) is 13.3 Å². The van der Waals surface area contributed by atoms with Crippen molar-refractivity contribution in [2.45, 2.75) is 115 Å². The SMILES string of the molecule is C=C[C@@H]1C[C@]1(CC(=O)[C@@H]1C[C@@H](Oc2cc(-c3csc(NC(C)C)n3)nc3cc(OC)ccc23)CN1C(=O)[C@@H](CC(=O)OC1CCCC1)C(C)(C)C)P(=O)(O)/C=C/c1ccccc1. The molecule has 0 bridgehead atoms. The number of likely N-dealkylation sites (tertiary alicyclic amines) is 1. The van der Waals surface area contributed by atoms with Crippen molar-refractivity contribution < 1.29 is 38.1 Å². The van der Waals surface area contributed by atoms with Crippen LogP contribution in [-0.2, 0) is 23.7 Å². The second-order valence-electron chi connectivity index (χ2n) is 18.4. The zero-order chi connectivity index (χ0) is 44.4. The second-order valence-corrected chi connectivity index (χ2v) is 21.7. The summed E-state index contributed by atoms with van der Waals surface area (Å²) in [6, 6.07) is 15.8.